The Morgan fingerprint density at radius 3 is 0.875 bits per heavy atom. The summed E-state index contributed by atoms with van der Waals surface area (Å²) in [6.45, 7) is 19.4. The van der Waals surface area contributed by atoms with Crippen LogP contribution in [0.1, 0.15) is 195 Å². The average Bonchev–Trinajstić information content (AvgIpc) is 3.73. The maximum atomic E-state index is 2.91. The summed E-state index contributed by atoms with van der Waals surface area (Å²) in [7, 11) is 0. The Bertz CT molecular complexity index is 938. The van der Waals surface area contributed by atoms with E-state index in [1.807, 2.05) is 5.79 Å². The van der Waals surface area contributed by atoms with E-state index < -0.39 is 36.8 Å². The van der Waals surface area contributed by atoms with Gasteiger partial charge in [-0.05, 0) is 0 Å². The molecule has 0 nitrogen and oxygen atoms in total. The van der Waals surface area contributed by atoms with Crippen LogP contribution in [0.2, 0.25) is 26.6 Å². The molecule has 0 aliphatic rings. The van der Waals surface area contributed by atoms with E-state index in [2.05, 4.69) is 90.2 Å². The Morgan fingerprint density at radius 2 is 0.625 bits per heavy atom. The third kappa shape index (κ3) is 14.4. The van der Waals surface area contributed by atoms with Gasteiger partial charge >= 0.3 is 321 Å². The Morgan fingerprint density at radius 1 is 0.354 bits per heavy atom. The molecular formula is C44H82S2Sn2. The molecular weight excluding hydrogens is 830 g/mol. The zero-order valence-electron chi connectivity index (χ0n) is 33.8. The van der Waals surface area contributed by atoms with Crippen molar-refractivity contribution in [3.8, 4) is 9.75 Å². The normalized spacial score (nSPS) is 12.4. The van der Waals surface area contributed by atoms with Crippen LogP contribution >= 0.6 is 22.7 Å². The zero-order chi connectivity index (χ0) is 35.1. The van der Waals surface area contributed by atoms with Crippen molar-refractivity contribution in [1.82, 2.24) is 0 Å². The minimum atomic E-state index is -2.51. The molecule has 0 N–H and O–H groups in total. The quantitative estimate of drug-likeness (QED) is 0.0522. The summed E-state index contributed by atoms with van der Waals surface area (Å²) in [5, 5.41) is 0. The molecule has 0 atom stereocenters. The predicted octanol–water partition coefficient (Wildman–Crippen LogP) is 15.8. The molecule has 278 valence electrons. The standard InChI is InChI=1S/C20H28S2.6C4H9.2Sn/c1-3-5-7-9-11-17-13-15-21-19(17)20-18(14-16-22-20)12-10-8-6-4-2;6*1-3-4-2;;/h13-14H,3-12H2,1-2H3;6*1,3-4H2,2H3;;. The third-order valence-corrected chi connectivity index (χ3v) is 50.5. The maximum absolute atomic E-state index is 2.91. The summed E-state index contributed by atoms with van der Waals surface area (Å²) < 4.78 is 13.6. The molecule has 2 heterocycles. The molecule has 0 saturated carbocycles. The number of hydrogen-bond donors (Lipinski definition) is 0. The number of rotatable bonds is 31. The van der Waals surface area contributed by atoms with Crippen molar-refractivity contribution >= 4 is 65.2 Å². The molecule has 4 heteroatoms. The fourth-order valence-electron chi connectivity index (χ4n) is 8.20. The van der Waals surface area contributed by atoms with Crippen LogP contribution in [0.3, 0.4) is 0 Å². The van der Waals surface area contributed by atoms with Gasteiger partial charge < -0.3 is 0 Å². The Kier molecular flexibility index (Phi) is 25.1. The van der Waals surface area contributed by atoms with Gasteiger partial charge in [0.2, 0.25) is 0 Å². The molecule has 0 saturated heterocycles. The van der Waals surface area contributed by atoms with Crippen LogP contribution in [-0.4, -0.2) is 36.8 Å². The molecule has 48 heavy (non-hydrogen) atoms. The molecule has 0 aliphatic heterocycles. The van der Waals surface area contributed by atoms with Gasteiger partial charge in [0.05, 0.1) is 0 Å². The van der Waals surface area contributed by atoms with Crippen molar-refractivity contribution in [3.05, 3.63) is 23.3 Å². The first-order chi connectivity index (χ1) is 23.4. The van der Waals surface area contributed by atoms with Crippen LogP contribution < -0.4 is 5.79 Å². The van der Waals surface area contributed by atoms with Gasteiger partial charge in [0.25, 0.3) is 0 Å². The van der Waals surface area contributed by atoms with E-state index in [9.17, 15) is 0 Å². The molecule has 2 rings (SSSR count). The van der Waals surface area contributed by atoms with Crippen molar-refractivity contribution in [2.45, 2.75) is 223 Å². The van der Waals surface area contributed by atoms with Gasteiger partial charge in [-0.1, -0.05) is 0 Å². The first kappa shape index (κ1) is 45.2. The fraction of sp³-hybridized carbons (Fsp3) is 0.818. The van der Waals surface area contributed by atoms with Gasteiger partial charge in [0.15, 0.2) is 0 Å². The Labute approximate surface area is 318 Å². The van der Waals surface area contributed by atoms with Gasteiger partial charge in [-0.15, -0.1) is 0 Å². The number of thiophene rings is 2. The second-order valence-corrected chi connectivity index (χ2v) is 46.2. The Balaban J connectivity index is 2.83. The van der Waals surface area contributed by atoms with Crippen LogP contribution in [0.25, 0.3) is 9.75 Å². The van der Waals surface area contributed by atoms with Crippen molar-refractivity contribution in [3.63, 3.8) is 0 Å². The first-order valence-corrected chi connectivity index (χ1v) is 38.3. The summed E-state index contributed by atoms with van der Waals surface area (Å²) in [5.74, 6) is 0. The number of hydrogen-bond acceptors (Lipinski definition) is 2. The van der Waals surface area contributed by atoms with Crippen LogP contribution in [0.15, 0.2) is 12.1 Å². The van der Waals surface area contributed by atoms with Crippen LogP contribution in [-0.2, 0) is 12.8 Å². The second-order valence-electron chi connectivity index (χ2n) is 15.7. The molecule has 0 radical (unpaired) electrons. The van der Waals surface area contributed by atoms with Crippen molar-refractivity contribution in [2.24, 2.45) is 0 Å². The number of unbranched alkanes of at least 4 members (excludes halogenated alkanes) is 12. The molecule has 2 aromatic heterocycles. The van der Waals surface area contributed by atoms with E-state index in [1.165, 1.54) is 141 Å². The summed E-state index contributed by atoms with van der Waals surface area (Å²) in [5.41, 5.74) is 3.58. The zero-order valence-corrected chi connectivity index (χ0v) is 41.1. The summed E-state index contributed by atoms with van der Waals surface area (Å²) >= 11 is -0.234. The van der Waals surface area contributed by atoms with E-state index >= 15 is 0 Å². The fourth-order valence-corrected chi connectivity index (χ4v) is 49.2. The van der Waals surface area contributed by atoms with Gasteiger partial charge in [0, 0.05) is 0 Å². The van der Waals surface area contributed by atoms with Crippen molar-refractivity contribution in [2.75, 3.05) is 0 Å². The predicted molar refractivity (Wildman–Crippen MR) is 232 cm³/mol. The molecule has 0 aromatic carbocycles. The van der Waals surface area contributed by atoms with Crippen LogP contribution in [0.5, 0.6) is 0 Å². The summed E-state index contributed by atoms with van der Waals surface area (Å²) in [6.07, 6.45) is 30.7. The molecule has 2 aromatic rings. The Hall–Kier alpha value is 0.997. The van der Waals surface area contributed by atoms with Crippen LogP contribution in [0, 0.1) is 0 Å². The minimum absolute atomic E-state index is 1.32. The van der Waals surface area contributed by atoms with E-state index in [0.29, 0.717) is 0 Å². The van der Waals surface area contributed by atoms with Crippen molar-refractivity contribution < 1.29 is 0 Å². The molecule has 0 aliphatic carbocycles. The first-order valence-electron chi connectivity index (χ1n) is 21.7. The number of aryl methyl sites for hydroxylation is 2. The van der Waals surface area contributed by atoms with Gasteiger partial charge in [-0.25, -0.2) is 0 Å². The van der Waals surface area contributed by atoms with E-state index in [0.717, 1.165) is 0 Å². The third-order valence-electron chi connectivity index (χ3n) is 11.5. The monoisotopic (exact) mass is 914 g/mol. The molecule has 0 fully saturated rings. The average molecular weight is 913 g/mol. The second kappa shape index (κ2) is 26.7. The van der Waals surface area contributed by atoms with Crippen molar-refractivity contribution in [1.29, 1.82) is 0 Å². The summed E-state index contributed by atoms with van der Waals surface area (Å²) in [4.78, 5) is 3.57. The van der Waals surface area contributed by atoms with Crippen LogP contribution in [0.4, 0.5) is 0 Å². The molecule has 0 amide bonds. The van der Waals surface area contributed by atoms with Gasteiger partial charge in [0.1, 0.15) is 0 Å². The SMILES string of the molecule is CCCCCCc1c[c]([Sn]([CH2]CCC)([CH2]CCC)[CH2]CCC)sc1-c1s[c]([Sn]([CH2]CCC)([CH2]CCC)[CH2]CCC)cc1CCCCCC. The van der Waals surface area contributed by atoms with Gasteiger partial charge in [-0.2, -0.15) is 0 Å². The molecule has 0 spiro atoms. The van der Waals surface area contributed by atoms with Gasteiger partial charge in [-0.3, -0.25) is 0 Å². The van der Waals surface area contributed by atoms with E-state index in [1.54, 1.807) is 47.5 Å². The summed E-state index contributed by atoms with van der Waals surface area (Å²) in [6, 6.07) is 5.82. The van der Waals surface area contributed by atoms with E-state index in [-0.39, 0.29) is 0 Å². The molecule has 0 bridgehead atoms. The molecule has 0 unspecified atom stereocenters. The topological polar surface area (TPSA) is 0 Å². The van der Waals surface area contributed by atoms with E-state index in [4.69, 9.17) is 0 Å².